The van der Waals surface area contributed by atoms with Crippen molar-refractivity contribution in [1.82, 2.24) is 14.8 Å². The Hall–Kier alpha value is -2.60. The zero-order chi connectivity index (χ0) is 22.4. The molecule has 6 heteroatoms. The van der Waals surface area contributed by atoms with Crippen molar-refractivity contribution < 1.29 is 9.53 Å². The number of aryl methyl sites for hydroxylation is 1. The van der Waals surface area contributed by atoms with Crippen molar-refractivity contribution in [3.05, 3.63) is 63.1 Å². The van der Waals surface area contributed by atoms with Crippen LogP contribution in [0.1, 0.15) is 54.0 Å². The van der Waals surface area contributed by atoms with Gasteiger partial charge in [0.2, 0.25) is 0 Å². The Kier molecular flexibility index (Phi) is 7.91. The summed E-state index contributed by atoms with van der Waals surface area (Å²) in [7, 11) is 1.64. The van der Waals surface area contributed by atoms with Gasteiger partial charge in [0, 0.05) is 36.6 Å². The van der Waals surface area contributed by atoms with Crippen LogP contribution in [0.2, 0.25) is 0 Å². The first-order chi connectivity index (χ1) is 15.0. The molecule has 2 heterocycles. The second kappa shape index (κ2) is 10.6. The van der Waals surface area contributed by atoms with E-state index in [2.05, 4.69) is 21.7 Å². The minimum atomic E-state index is -0.275. The van der Waals surface area contributed by atoms with Gasteiger partial charge in [-0.1, -0.05) is 26.0 Å². The predicted molar refractivity (Wildman–Crippen MR) is 124 cm³/mol. The average Bonchev–Trinajstić information content (AvgIpc) is 3.22. The van der Waals surface area contributed by atoms with E-state index < -0.39 is 0 Å². The van der Waals surface area contributed by atoms with Gasteiger partial charge in [-0.2, -0.15) is 0 Å². The van der Waals surface area contributed by atoms with Gasteiger partial charge in [0.05, 0.1) is 7.11 Å². The zero-order valence-corrected chi connectivity index (χ0v) is 19.2. The highest BCUT2D eigenvalue weighted by atomic mass is 16.5. The number of amides is 1. The Morgan fingerprint density at radius 2 is 1.97 bits per heavy atom. The number of ether oxygens (including phenoxy) is 1. The van der Waals surface area contributed by atoms with Crippen LogP contribution in [0, 0.1) is 6.92 Å². The van der Waals surface area contributed by atoms with Crippen molar-refractivity contribution in [3.8, 4) is 5.75 Å². The fourth-order valence-electron chi connectivity index (χ4n) is 4.62. The van der Waals surface area contributed by atoms with E-state index in [9.17, 15) is 9.59 Å². The third-order valence-corrected chi connectivity index (χ3v) is 6.35. The molecule has 2 aromatic rings. The van der Waals surface area contributed by atoms with Crippen molar-refractivity contribution in [2.24, 2.45) is 0 Å². The van der Waals surface area contributed by atoms with E-state index in [1.807, 2.05) is 38.1 Å². The summed E-state index contributed by atoms with van der Waals surface area (Å²) in [5, 5.41) is 2.96. The summed E-state index contributed by atoms with van der Waals surface area (Å²) in [6.07, 6.45) is 3.71. The standard InChI is InChI=1S/C25H35N3O3/c1-5-22-24(25(30)26-14-13-19-9-11-21(31-4)12-10-19)23(29)16-18(3)28(22)17-20-8-7-15-27(20)6-2/h9-12,16,20H,5-8,13-15,17H2,1-4H3,(H,26,30). The molecule has 1 aromatic carbocycles. The van der Waals surface area contributed by atoms with Gasteiger partial charge in [0.25, 0.3) is 5.91 Å². The third kappa shape index (κ3) is 5.37. The second-order valence-corrected chi connectivity index (χ2v) is 8.21. The summed E-state index contributed by atoms with van der Waals surface area (Å²) in [5.74, 6) is 0.535. The maximum atomic E-state index is 13.0. The highest BCUT2D eigenvalue weighted by Gasteiger charge is 2.26. The molecule has 6 nitrogen and oxygen atoms in total. The van der Waals surface area contributed by atoms with Crippen LogP contribution in [-0.2, 0) is 19.4 Å². The van der Waals surface area contributed by atoms with Crippen molar-refractivity contribution in [2.75, 3.05) is 26.7 Å². The number of hydrogen-bond acceptors (Lipinski definition) is 4. The number of likely N-dealkylation sites (N-methyl/N-ethyl adjacent to an activating group) is 1. The highest BCUT2D eigenvalue weighted by Crippen LogP contribution is 2.21. The number of hydrogen-bond donors (Lipinski definition) is 1. The van der Waals surface area contributed by atoms with Crippen LogP contribution in [0.4, 0.5) is 0 Å². The molecule has 1 aromatic heterocycles. The molecule has 1 unspecified atom stereocenters. The zero-order valence-electron chi connectivity index (χ0n) is 19.2. The van der Waals surface area contributed by atoms with Crippen LogP contribution in [0.5, 0.6) is 5.75 Å². The number of rotatable bonds is 9. The molecular formula is C25H35N3O3. The number of nitrogens with zero attached hydrogens (tertiary/aromatic N) is 2. The Bertz CT molecular complexity index is 950. The number of likely N-dealkylation sites (tertiary alicyclic amines) is 1. The molecule has 31 heavy (non-hydrogen) atoms. The molecule has 1 saturated heterocycles. The molecule has 1 aliphatic rings. The maximum absolute atomic E-state index is 13.0. The van der Waals surface area contributed by atoms with Crippen LogP contribution >= 0.6 is 0 Å². The van der Waals surface area contributed by atoms with E-state index in [0.29, 0.717) is 31.0 Å². The largest absolute Gasteiger partial charge is 0.497 e. The highest BCUT2D eigenvalue weighted by molar-refractivity contribution is 5.95. The Balaban J connectivity index is 1.75. The summed E-state index contributed by atoms with van der Waals surface area (Å²) >= 11 is 0. The van der Waals surface area contributed by atoms with Gasteiger partial charge in [0.15, 0.2) is 5.43 Å². The number of benzene rings is 1. The van der Waals surface area contributed by atoms with Crippen molar-refractivity contribution in [2.45, 2.75) is 59.0 Å². The van der Waals surface area contributed by atoms with Crippen LogP contribution in [0.15, 0.2) is 35.1 Å². The van der Waals surface area contributed by atoms with Crippen LogP contribution in [0.25, 0.3) is 0 Å². The molecule has 1 amide bonds. The number of carbonyl (C=O) groups is 1. The van der Waals surface area contributed by atoms with E-state index in [1.54, 1.807) is 13.2 Å². The van der Waals surface area contributed by atoms with Crippen LogP contribution < -0.4 is 15.5 Å². The molecule has 1 N–H and O–H groups in total. The first-order valence-corrected chi connectivity index (χ1v) is 11.4. The Labute approximate surface area is 185 Å². The number of carbonyl (C=O) groups excluding carboxylic acids is 1. The minimum absolute atomic E-state index is 0.189. The fraction of sp³-hybridized carbons (Fsp3) is 0.520. The molecule has 1 fully saturated rings. The van der Waals surface area contributed by atoms with Crippen LogP contribution in [0.3, 0.4) is 0 Å². The number of aromatic nitrogens is 1. The average molecular weight is 426 g/mol. The maximum Gasteiger partial charge on any atom is 0.257 e. The first kappa shape index (κ1) is 23.1. The van der Waals surface area contributed by atoms with Gasteiger partial charge >= 0.3 is 0 Å². The van der Waals surface area contributed by atoms with Gasteiger partial charge in [0.1, 0.15) is 11.3 Å². The SMILES string of the molecule is CCc1c(C(=O)NCCc2ccc(OC)cc2)c(=O)cc(C)n1CC1CCCN1CC. The summed E-state index contributed by atoms with van der Waals surface area (Å²) in [4.78, 5) is 28.3. The molecule has 0 aliphatic carbocycles. The molecular weight excluding hydrogens is 390 g/mol. The lowest BCUT2D eigenvalue weighted by Gasteiger charge is -2.27. The minimum Gasteiger partial charge on any atom is -0.497 e. The number of pyridine rings is 1. The summed E-state index contributed by atoms with van der Waals surface area (Å²) in [6.45, 7) is 9.65. The molecule has 0 radical (unpaired) electrons. The monoisotopic (exact) mass is 425 g/mol. The topological polar surface area (TPSA) is 63.6 Å². The van der Waals surface area contributed by atoms with Gasteiger partial charge in [-0.15, -0.1) is 0 Å². The van der Waals surface area contributed by atoms with E-state index in [-0.39, 0.29) is 11.3 Å². The number of methoxy groups -OCH3 is 1. The smallest absolute Gasteiger partial charge is 0.257 e. The molecule has 3 rings (SSSR count). The van der Waals surface area contributed by atoms with E-state index in [1.165, 1.54) is 6.42 Å². The normalized spacial score (nSPS) is 16.5. The Morgan fingerprint density at radius 1 is 1.23 bits per heavy atom. The van der Waals surface area contributed by atoms with Crippen molar-refractivity contribution in [3.63, 3.8) is 0 Å². The van der Waals surface area contributed by atoms with E-state index in [0.717, 1.165) is 48.8 Å². The van der Waals surface area contributed by atoms with E-state index >= 15 is 0 Å². The fourth-order valence-corrected chi connectivity index (χ4v) is 4.62. The first-order valence-electron chi connectivity index (χ1n) is 11.4. The lowest BCUT2D eigenvalue weighted by molar-refractivity contribution is 0.0950. The van der Waals surface area contributed by atoms with Crippen molar-refractivity contribution in [1.29, 1.82) is 0 Å². The van der Waals surface area contributed by atoms with Crippen molar-refractivity contribution >= 4 is 5.91 Å². The lowest BCUT2D eigenvalue weighted by Crippen LogP contribution is -2.37. The molecule has 0 bridgehead atoms. The molecule has 0 saturated carbocycles. The Morgan fingerprint density at radius 3 is 2.61 bits per heavy atom. The third-order valence-electron chi connectivity index (χ3n) is 6.35. The summed E-state index contributed by atoms with van der Waals surface area (Å²) < 4.78 is 7.37. The quantitative estimate of drug-likeness (QED) is 0.670. The molecule has 1 atom stereocenters. The predicted octanol–water partition coefficient (Wildman–Crippen LogP) is 3.18. The van der Waals surface area contributed by atoms with Crippen LogP contribution in [-0.4, -0.2) is 48.2 Å². The molecule has 0 spiro atoms. The molecule has 1 aliphatic heterocycles. The van der Waals surface area contributed by atoms with Gasteiger partial charge < -0.3 is 14.6 Å². The second-order valence-electron chi connectivity index (χ2n) is 8.21. The molecule has 168 valence electrons. The summed E-state index contributed by atoms with van der Waals surface area (Å²) in [5.41, 5.74) is 2.99. The lowest BCUT2D eigenvalue weighted by atomic mass is 10.1. The van der Waals surface area contributed by atoms with Gasteiger partial charge in [-0.3, -0.25) is 14.5 Å². The summed E-state index contributed by atoms with van der Waals surface area (Å²) in [6, 6.07) is 9.87. The number of nitrogens with one attached hydrogen (secondary N) is 1. The van der Waals surface area contributed by atoms with E-state index in [4.69, 9.17) is 4.74 Å². The van der Waals surface area contributed by atoms with Gasteiger partial charge in [-0.25, -0.2) is 0 Å². The van der Waals surface area contributed by atoms with Gasteiger partial charge in [-0.05, 0) is 63.4 Å².